The number of carbonyl (C=O) groups excluding carboxylic acids is 3. The molecule has 1 aromatic carbocycles. The van der Waals surface area contributed by atoms with Crippen LogP contribution in [0.1, 0.15) is 17.5 Å². The average Bonchev–Trinajstić information content (AvgIpc) is 3.24. The lowest BCUT2D eigenvalue weighted by atomic mass is 9.57. The number of hydrogen-bond donors (Lipinski definition) is 6. The molecule has 34 heavy (non-hydrogen) atoms. The standard InChI is InChI=1S/C22H21FN4O7/c1-27(2)15-9-4-6-3-7-11(17(29)14-8(13(7)23)5-25-26-14)16(28)10(6)19(31)22(9,34)20(32)12(18(15)30)21(24)33/h5-6,9,15,28-29,32,34H,3-4H2,1-2H3,(H2,24,33)(H,25,26)/t6-,9-,15-,22-/m0/s1. The van der Waals surface area contributed by atoms with Crippen LogP contribution in [0.15, 0.2) is 23.1 Å². The Kier molecular flexibility index (Phi) is 4.45. The summed E-state index contributed by atoms with van der Waals surface area (Å²) < 4.78 is 15.3. The van der Waals surface area contributed by atoms with E-state index in [1.807, 2.05) is 0 Å². The first-order valence-electron chi connectivity index (χ1n) is 10.4. The number of halogens is 1. The van der Waals surface area contributed by atoms with Crippen molar-refractivity contribution in [2.24, 2.45) is 17.6 Å². The van der Waals surface area contributed by atoms with Crippen molar-refractivity contribution in [3.63, 3.8) is 0 Å². The zero-order valence-corrected chi connectivity index (χ0v) is 18.1. The number of aromatic amines is 1. The molecule has 1 saturated carbocycles. The highest BCUT2D eigenvalue weighted by Crippen LogP contribution is 2.53. The topological polar surface area (TPSA) is 190 Å². The lowest BCUT2D eigenvalue weighted by molar-refractivity contribution is -0.153. The molecule has 1 heterocycles. The molecule has 0 unspecified atom stereocenters. The number of nitrogens with one attached hydrogen (secondary N) is 1. The number of carbonyl (C=O) groups is 3. The van der Waals surface area contributed by atoms with Crippen molar-refractivity contribution in [1.29, 1.82) is 0 Å². The number of benzene rings is 1. The average molecular weight is 472 g/mol. The first-order chi connectivity index (χ1) is 15.9. The number of Topliss-reactive ketones (excluding diaryl/α,β-unsaturated/α-hetero) is 2. The molecular formula is C22H21FN4O7. The molecule has 4 atom stereocenters. The summed E-state index contributed by atoms with van der Waals surface area (Å²) in [5, 5.41) is 50.1. The molecule has 3 aliphatic rings. The van der Waals surface area contributed by atoms with E-state index < -0.39 is 69.6 Å². The number of primary amides is 1. The van der Waals surface area contributed by atoms with E-state index in [1.54, 1.807) is 0 Å². The third-order valence-electron chi connectivity index (χ3n) is 7.23. The first kappa shape index (κ1) is 22.0. The normalized spacial score (nSPS) is 28.9. The second kappa shape index (κ2) is 6.87. The predicted molar refractivity (Wildman–Crippen MR) is 114 cm³/mol. The Hall–Kier alpha value is -3.77. The van der Waals surface area contributed by atoms with Gasteiger partial charge in [0.2, 0.25) is 5.78 Å². The number of ketones is 2. The number of nitrogens with two attached hydrogens (primary N) is 1. The second-order valence-corrected chi connectivity index (χ2v) is 9.14. The van der Waals surface area contributed by atoms with Gasteiger partial charge in [-0.3, -0.25) is 24.4 Å². The van der Waals surface area contributed by atoms with Crippen LogP contribution in [0.5, 0.6) is 5.75 Å². The van der Waals surface area contributed by atoms with Gasteiger partial charge in [-0.25, -0.2) is 4.39 Å². The van der Waals surface area contributed by atoms with Gasteiger partial charge in [0.25, 0.3) is 5.91 Å². The van der Waals surface area contributed by atoms with E-state index in [0.29, 0.717) is 0 Å². The van der Waals surface area contributed by atoms with Gasteiger partial charge >= 0.3 is 0 Å². The van der Waals surface area contributed by atoms with Gasteiger partial charge in [-0.05, 0) is 32.9 Å². The minimum absolute atomic E-state index is 0.00293. The fraction of sp³-hybridized carbons (Fsp3) is 0.364. The number of phenolic OH excluding ortho intramolecular Hbond substituents is 1. The molecule has 1 amide bonds. The fourth-order valence-corrected chi connectivity index (χ4v) is 5.75. The van der Waals surface area contributed by atoms with Gasteiger partial charge in [-0.1, -0.05) is 0 Å². The van der Waals surface area contributed by atoms with Crippen LogP contribution >= 0.6 is 0 Å². The molecule has 0 bridgehead atoms. The number of phenols is 1. The number of hydrogen-bond acceptors (Lipinski definition) is 9. The Morgan fingerprint density at radius 3 is 2.59 bits per heavy atom. The number of aliphatic hydroxyl groups excluding tert-OH is 2. The van der Waals surface area contributed by atoms with Crippen molar-refractivity contribution in [3.8, 4) is 5.75 Å². The number of fused-ring (bicyclic) bond motifs is 4. The van der Waals surface area contributed by atoms with Crippen LogP contribution in [-0.4, -0.2) is 78.7 Å². The van der Waals surface area contributed by atoms with E-state index in [2.05, 4.69) is 10.2 Å². The summed E-state index contributed by atoms with van der Waals surface area (Å²) in [6, 6.07) is -1.20. The smallest absolute Gasteiger partial charge is 0.255 e. The first-order valence-corrected chi connectivity index (χ1v) is 10.4. The SMILES string of the molecule is CN(C)[C@@H]1C(=O)C(C(N)=O)=C(O)[C@@]2(O)C(=O)C3=C(O)c4c(c(F)c5cn[nH]c5c4O)C[C@H]3C[C@@H]12. The minimum Gasteiger partial charge on any atom is -0.508 e. The van der Waals surface area contributed by atoms with E-state index in [1.165, 1.54) is 25.2 Å². The molecular weight excluding hydrogens is 451 g/mol. The molecule has 0 radical (unpaired) electrons. The Morgan fingerprint density at radius 1 is 1.29 bits per heavy atom. The summed E-state index contributed by atoms with van der Waals surface area (Å²) in [5.74, 6) is -8.60. The fourth-order valence-electron chi connectivity index (χ4n) is 5.75. The second-order valence-electron chi connectivity index (χ2n) is 9.14. The summed E-state index contributed by atoms with van der Waals surface area (Å²) in [5.41, 5.74) is 0.835. The molecule has 178 valence electrons. The van der Waals surface area contributed by atoms with Crippen LogP contribution in [0.25, 0.3) is 16.7 Å². The molecule has 7 N–H and O–H groups in total. The zero-order chi connectivity index (χ0) is 24.9. The summed E-state index contributed by atoms with van der Waals surface area (Å²) in [4.78, 5) is 40.0. The molecule has 1 fully saturated rings. The Morgan fingerprint density at radius 2 is 1.97 bits per heavy atom. The Labute approximate surface area is 191 Å². The van der Waals surface area contributed by atoms with Crippen molar-refractivity contribution in [2.75, 3.05) is 14.1 Å². The van der Waals surface area contributed by atoms with Gasteiger partial charge < -0.3 is 26.2 Å². The maximum atomic E-state index is 15.3. The predicted octanol–water partition coefficient (Wildman–Crippen LogP) is -0.0206. The molecule has 2 aromatic rings. The zero-order valence-electron chi connectivity index (χ0n) is 18.1. The van der Waals surface area contributed by atoms with Crippen molar-refractivity contribution in [2.45, 2.75) is 24.5 Å². The van der Waals surface area contributed by atoms with Crippen LogP contribution in [0, 0.1) is 17.7 Å². The Balaban J connectivity index is 1.79. The quantitative estimate of drug-likeness (QED) is 0.326. The van der Waals surface area contributed by atoms with Crippen LogP contribution in [0.4, 0.5) is 4.39 Å². The summed E-state index contributed by atoms with van der Waals surface area (Å²) in [7, 11) is 3.00. The highest BCUT2D eigenvalue weighted by Gasteiger charge is 2.64. The van der Waals surface area contributed by atoms with Gasteiger partial charge in [0.05, 0.1) is 23.2 Å². The number of nitrogens with zero attached hydrogens (tertiary/aromatic N) is 2. The lowest BCUT2D eigenvalue weighted by Crippen LogP contribution is -2.65. The van der Waals surface area contributed by atoms with Crippen LogP contribution in [-0.2, 0) is 20.8 Å². The van der Waals surface area contributed by atoms with Crippen LogP contribution in [0.3, 0.4) is 0 Å². The number of H-pyrrole nitrogens is 1. The number of aromatic nitrogens is 2. The molecule has 0 spiro atoms. The largest absolute Gasteiger partial charge is 0.508 e. The van der Waals surface area contributed by atoms with Crippen LogP contribution in [0.2, 0.25) is 0 Å². The van der Waals surface area contributed by atoms with Crippen molar-refractivity contribution < 1.29 is 39.2 Å². The van der Waals surface area contributed by atoms with E-state index >= 15 is 4.39 Å². The molecule has 0 aliphatic heterocycles. The van der Waals surface area contributed by atoms with Crippen molar-refractivity contribution in [3.05, 3.63) is 40.0 Å². The lowest BCUT2D eigenvalue weighted by Gasteiger charge is -2.50. The number of aliphatic hydroxyl groups is 3. The van der Waals surface area contributed by atoms with E-state index in [-0.39, 0.29) is 40.4 Å². The number of amides is 1. The van der Waals surface area contributed by atoms with Gasteiger partial charge in [-0.2, -0.15) is 5.10 Å². The van der Waals surface area contributed by atoms with Crippen LogP contribution < -0.4 is 5.73 Å². The van der Waals surface area contributed by atoms with E-state index in [9.17, 15) is 34.8 Å². The van der Waals surface area contributed by atoms with Gasteiger partial charge in [0.1, 0.15) is 28.4 Å². The highest BCUT2D eigenvalue weighted by molar-refractivity contribution is 6.24. The third kappa shape index (κ3) is 2.46. The van der Waals surface area contributed by atoms with Crippen molar-refractivity contribution in [1.82, 2.24) is 15.1 Å². The maximum Gasteiger partial charge on any atom is 0.255 e. The molecule has 11 nitrogen and oxygen atoms in total. The molecule has 0 saturated heterocycles. The Bertz CT molecular complexity index is 1390. The summed E-state index contributed by atoms with van der Waals surface area (Å²) >= 11 is 0. The number of aromatic hydroxyl groups is 1. The molecule has 12 heteroatoms. The van der Waals surface area contributed by atoms with E-state index in [0.717, 1.165) is 0 Å². The van der Waals surface area contributed by atoms with Crippen molar-refractivity contribution >= 4 is 34.1 Å². The molecule has 3 aliphatic carbocycles. The van der Waals surface area contributed by atoms with Gasteiger partial charge in [0.15, 0.2) is 17.1 Å². The maximum absolute atomic E-state index is 15.3. The molecule has 5 rings (SSSR count). The highest BCUT2D eigenvalue weighted by atomic mass is 19.1. The van der Waals surface area contributed by atoms with E-state index in [4.69, 9.17) is 5.73 Å². The molecule has 1 aromatic heterocycles. The van der Waals surface area contributed by atoms with Gasteiger partial charge in [-0.15, -0.1) is 0 Å². The third-order valence-corrected chi connectivity index (χ3v) is 7.23. The monoisotopic (exact) mass is 472 g/mol. The number of rotatable bonds is 2. The summed E-state index contributed by atoms with van der Waals surface area (Å²) in [6.45, 7) is 0. The van der Waals surface area contributed by atoms with Gasteiger partial charge in [0, 0.05) is 17.1 Å². The summed E-state index contributed by atoms with van der Waals surface area (Å²) in [6.07, 6.45) is 0.937. The number of likely N-dealkylation sites (N-methyl/N-ethyl adjacent to an activating group) is 1. The minimum atomic E-state index is -2.74.